The van der Waals surface area contributed by atoms with E-state index < -0.39 is 0 Å². The first-order valence-corrected chi connectivity index (χ1v) is 5.49. The van der Waals surface area contributed by atoms with E-state index in [1.54, 1.807) is 0 Å². The standard InChI is InChI=1S/C13H14N2O/c14-9-12-6-7-13(8-12)15-16-10-11-4-2-1-3-5-11/h1-5,12H,6-8,10H2/b15-13+. The van der Waals surface area contributed by atoms with E-state index in [9.17, 15) is 0 Å². The van der Waals surface area contributed by atoms with Crippen LogP contribution < -0.4 is 0 Å². The van der Waals surface area contributed by atoms with Gasteiger partial charge in [0.25, 0.3) is 0 Å². The Bertz CT molecular complexity index is 406. The van der Waals surface area contributed by atoms with Crippen LogP contribution >= 0.6 is 0 Å². The average Bonchev–Trinajstić information content (AvgIpc) is 2.78. The summed E-state index contributed by atoms with van der Waals surface area (Å²) in [5.41, 5.74) is 2.13. The largest absolute Gasteiger partial charge is 0.391 e. The number of hydrogen-bond acceptors (Lipinski definition) is 3. The van der Waals surface area contributed by atoms with Crippen LogP contribution in [-0.4, -0.2) is 5.71 Å². The molecule has 1 fully saturated rings. The van der Waals surface area contributed by atoms with Gasteiger partial charge in [-0.25, -0.2) is 0 Å². The van der Waals surface area contributed by atoms with Gasteiger partial charge in [-0.05, 0) is 18.4 Å². The summed E-state index contributed by atoms with van der Waals surface area (Å²) in [6, 6.07) is 12.2. The van der Waals surface area contributed by atoms with Crippen molar-refractivity contribution in [2.75, 3.05) is 0 Å². The Kier molecular flexibility index (Phi) is 3.55. The van der Waals surface area contributed by atoms with Crippen LogP contribution in [0.4, 0.5) is 0 Å². The number of hydrogen-bond donors (Lipinski definition) is 0. The first-order valence-electron chi connectivity index (χ1n) is 5.49. The first kappa shape index (κ1) is 10.7. The summed E-state index contributed by atoms with van der Waals surface area (Å²) < 4.78 is 0. The molecule has 2 rings (SSSR count). The van der Waals surface area contributed by atoms with Crippen molar-refractivity contribution in [2.24, 2.45) is 11.1 Å². The second-order valence-corrected chi connectivity index (χ2v) is 3.99. The molecule has 0 saturated heterocycles. The molecule has 1 aromatic carbocycles. The quantitative estimate of drug-likeness (QED) is 0.726. The van der Waals surface area contributed by atoms with E-state index in [4.69, 9.17) is 10.1 Å². The molecule has 3 nitrogen and oxygen atoms in total. The molecule has 0 radical (unpaired) electrons. The molecule has 0 bridgehead atoms. The highest BCUT2D eigenvalue weighted by molar-refractivity contribution is 5.86. The van der Waals surface area contributed by atoms with Crippen molar-refractivity contribution in [3.63, 3.8) is 0 Å². The second-order valence-electron chi connectivity index (χ2n) is 3.99. The maximum Gasteiger partial charge on any atom is 0.142 e. The van der Waals surface area contributed by atoms with Crippen LogP contribution in [0.3, 0.4) is 0 Å². The highest BCUT2D eigenvalue weighted by Crippen LogP contribution is 2.22. The van der Waals surface area contributed by atoms with E-state index in [1.807, 2.05) is 30.3 Å². The Hall–Kier alpha value is -1.82. The molecule has 1 aliphatic carbocycles. The van der Waals surface area contributed by atoms with Crippen molar-refractivity contribution in [1.29, 1.82) is 5.26 Å². The fraction of sp³-hybridized carbons (Fsp3) is 0.385. The van der Waals surface area contributed by atoms with Crippen molar-refractivity contribution in [2.45, 2.75) is 25.9 Å². The number of oxime groups is 1. The molecule has 1 aliphatic rings. The molecule has 1 unspecified atom stereocenters. The second kappa shape index (κ2) is 5.32. The van der Waals surface area contributed by atoms with Crippen molar-refractivity contribution < 1.29 is 4.84 Å². The van der Waals surface area contributed by atoms with E-state index in [-0.39, 0.29) is 5.92 Å². The summed E-state index contributed by atoms with van der Waals surface area (Å²) in [5, 5.41) is 12.8. The number of benzene rings is 1. The van der Waals surface area contributed by atoms with E-state index >= 15 is 0 Å². The molecule has 1 atom stereocenters. The molecule has 1 saturated carbocycles. The molecule has 0 N–H and O–H groups in total. The zero-order valence-electron chi connectivity index (χ0n) is 9.10. The van der Waals surface area contributed by atoms with Crippen LogP contribution in [0.2, 0.25) is 0 Å². The van der Waals surface area contributed by atoms with Crippen LogP contribution in [0.25, 0.3) is 0 Å². The predicted octanol–water partition coefficient (Wildman–Crippen LogP) is 2.88. The number of rotatable bonds is 3. The highest BCUT2D eigenvalue weighted by atomic mass is 16.6. The fourth-order valence-corrected chi connectivity index (χ4v) is 1.79. The maximum atomic E-state index is 8.74. The summed E-state index contributed by atoms with van der Waals surface area (Å²) in [4.78, 5) is 5.27. The first-order chi connectivity index (χ1) is 7.88. The van der Waals surface area contributed by atoms with Gasteiger partial charge < -0.3 is 4.84 Å². The highest BCUT2D eigenvalue weighted by Gasteiger charge is 2.20. The minimum atomic E-state index is 0.138. The summed E-state index contributed by atoms with van der Waals surface area (Å²) in [5.74, 6) is 0.138. The molecule has 0 aromatic heterocycles. The van der Waals surface area contributed by atoms with Gasteiger partial charge in [-0.3, -0.25) is 0 Å². The van der Waals surface area contributed by atoms with Gasteiger partial charge in [0.1, 0.15) is 6.61 Å². The molecule has 0 spiro atoms. The van der Waals surface area contributed by atoms with Gasteiger partial charge in [-0.1, -0.05) is 35.5 Å². The van der Waals surface area contributed by atoms with Crippen LogP contribution in [-0.2, 0) is 11.4 Å². The zero-order valence-corrected chi connectivity index (χ0v) is 9.10. The van der Waals surface area contributed by atoms with Gasteiger partial charge >= 0.3 is 0 Å². The van der Waals surface area contributed by atoms with Gasteiger partial charge in [0, 0.05) is 6.42 Å². The monoisotopic (exact) mass is 214 g/mol. The summed E-state index contributed by atoms with van der Waals surface area (Å²) in [6.45, 7) is 0.502. The fourth-order valence-electron chi connectivity index (χ4n) is 1.79. The van der Waals surface area contributed by atoms with E-state index in [2.05, 4.69) is 11.2 Å². The van der Waals surface area contributed by atoms with Crippen LogP contribution in [0.1, 0.15) is 24.8 Å². The van der Waals surface area contributed by atoms with Crippen LogP contribution in [0.15, 0.2) is 35.5 Å². The third kappa shape index (κ3) is 2.83. The minimum absolute atomic E-state index is 0.138. The van der Waals surface area contributed by atoms with Crippen molar-refractivity contribution in [1.82, 2.24) is 0 Å². The Morgan fingerprint density at radius 3 is 2.88 bits per heavy atom. The predicted molar refractivity (Wildman–Crippen MR) is 61.6 cm³/mol. The average molecular weight is 214 g/mol. The lowest BCUT2D eigenvalue weighted by molar-refractivity contribution is 0.129. The third-order valence-electron chi connectivity index (χ3n) is 2.71. The molecule has 3 heteroatoms. The van der Waals surface area contributed by atoms with E-state index in [0.717, 1.165) is 30.5 Å². The molecule has 0 heterocycles. The van der Waals surface area contributed by atoms with Crippen molar-refractivity contribution >= 4 is 5.71 Å². The maximum absolute atomic E-state index is 8.74. The minimum Gasteiger partial charge on any atom is -0.391 e. The zero-order chi connectivity index (χ0) is 11.2. The van der Waals surface area contributed by atoms with E-state index in [1.165, 1.54) is 0 Å². The Labute approximate surface area is 95.3 Å². The Morgan fingerprint density at radius 1 is 1.38 bits per heavy atom. The van der Waals surface area contributed by atoms with Crippen molar-refractivity contribution in [3.05, 3.63) is 35.9 Å². The van der Waals surface area contributed by atoms with Gasteiger partial charge in [-0.15, -0.1) is 0 Å². The van der Waals surface area contributed by atoms with Gasteiger partial charge in [0.15, 0.2) is 0 Å². The smallest absolute Gasteiger partial charge is 0.142 e. The molecule has 82 valence electrons. The lowest BCUT2D eigenvalue weighted by atomic mass is 10.1. The van der Waals surface area contributed by atoms with Crippen molar-refractivity contribution in [3.8, 4) is 6.07 Å². The molecular weight excluding hydrogens is 200 g/mol. The lowest BCUT2D eigenvalue weighted by Gasteiger charge is -2.00. The van der Waals surface area contributed by atoms with E-state index in [0.29, 0.717) is 6.61 Å². The molecule has 16 heavy (non-hydrogen) atoms. The van der Waals surface area contributed by atoms with Crippen LogP contribution in [0.5, 0.6) is 0 Å². The molecule has 1 aromatic rings. The number of nitrogens with zero attached hydrogens (tertiary/aromatic N) is 2. The summed E-state index contributed by atoms with van der Waals surface area (Å²) >= 11 is 0. The normalized spacial score (nSPS) is 21.9. The van der Waals surface area contributed by atoms with Gasteiger partial charge in [0.05, 0.1) is 17.7 Å². The molecule has 0 amide bonds. The number of nitriles is 1. The summed E-state index contributed by atoms with van der Waals surface area (Å²) in [7, 11) is 0. The van der Waals surface area contributed by atoms with Crippen LogP contribution in [0, 0.1) is 17.2 Å². The molecule has 0 aliphatic heterocycles. The SMILES string of the molecule is N#CC1CC/C(=N\OCc2ccccc2)C1. The lowest BCUT2D eigenvalue weighted by Crippen LogP contribution is -1.94. The van der Waals surface area contributed by atoms with Gasteiger partial charge in [0.2, 0.25) is 0 Å². The summed E-state index contributed by atoms with van der Waals surface area (Å²) in [6.07, 6.45) is 2.59. The van der Waals surface area contributed by atoms with Gasteiger partial charge in [-0.2, -0.15) is 5.26 Å². The Morgan fingerprint density at radius 2 is 2.19 bits per heavy atom. The molecular formula is C13H14N2O. The third-order valence-corrected chi connectivity index (χ3v) is 2.71. The topological polar surface area (TPSA) is 45.4 Å². The Balaban J connectivity index is 1.80.